The van der Waals surface area contributed by atoms with Gasteiger partial charge in [-0.1, -0.05) is 24.3 Å². The number of rotatable bonds is 5. The lowest BCUT2D eigenvalue weighted by Crippen LogP contribution is -2.07. The summed E-state index contributed by atoms with van der Waals surface area (Å²) in [5, 5.41) is 3.25. The first-order chi connectivity index (χ1) is 7.24. The third-order valence-corrected chi connectivity index (χ3v) is 2.18. The number of carbonyl (C=O) groups is 1. The highest BCUT2D eigenvalue weighted by Gasteiger charge is 1.98. The lowest BCUT2D eigenvalue weighted by Gasteiger charge is -2.07. The van der Waals surface area contributed by atoms with Gasteiger partial charge in [0.15, 0.2) is 5.78 Å². The molecule has 0 heterocycles. The molecule has 1 N–H and O–H groups in total. The molecule has 0 aromatic heterocycles. The molecule has 1 rings (SSSR count). The number of hydrogen-bond acceptors (Lipinski definition) is 2. The van der Waals surface area contributed by atoms with Crippen molar-refractivity contribution in [2.75, 3.05) is 11.9 Å². The molecule has 2 nitrogen and oxygen atoms in total. The number of carbonyl (C=O) groups excluding carboxylic acids is 1. The highest BCUT2D eigenvalue weighted by atomic mass is 16.1. The van der Waals surface area contributed by atoms with Crippen LogP contribution in [0, 0.1) is 6.92 Å². The van der Waals surface area contributed by atoms with Gasteiger partial charge in [0.25, 0.3) is 0 Å². The predicted molar refractivity (Wildman–Crippen MR) is 64.1 cm³/mol. The molecular formula is C13H17NO. The quantitative estimate of drug-likeness (QED) is 0.745. The zero-order valence-corrected chi connectivity index (χ0v) is 9.29. The first-order valence-corrected chi connectivity index (χ1v) is 5.19. The lowest BCUT2D eigenvalue weighted by molar-refractivity contribution is -0.114. The van der Waals surface area contributed by atoms with Gasteiger partial charge in [-0.2, -0.15) is 0 Å². The second-order valence-corrected chi connectivity index (χ2v) is 3.46. The van der Waals surface area contributed by atoms with Crippen LogP contribution in [0.2, 0.25) is 0 Å². The maximum absolute atomic E-state index is 11.2. The van der Waals surface area contributed by atoms with Gasteiger partial charge in [0, 0.05) is 18.7 Å². The molecule has 0 saturated heterocycles. The topological polar surface area (TPSA) is 29.1 Å². The third-order valence-electron chi connectivity index (χ3n) is 2.18. The van der Waals surface area contributed by atoms with Crippen molar-refractivity contribution in [3.05, 3.63) is 42.0 Å². The van der Waals surface area contributed by atoms with Crippen molar-refractivity contribution in [3.63, 3.8) is 0 Å². The Labute approximate surface area is 91.0 Å². The van der Waals surface area contributed by atoms with Crippen LogP contribution in [0.1, 0.15) is 18.9 Å². The first kappa shape index (κ1) is 11.5. The Morgan fingerprint density at radius 1 is 1.40 bits per heavy atom. The Hall–Kier alpha value is -1.57. The molecule has 15 heavy (non-hydrogen) atoms. The molecule has 0 saturated carbocycles. The zero-order chi connectivity index (χ0) is 11.1. The number of benzene rings is 1. The molecule has 0 radical (unpaired) electrons. The Balaban J connectivity index is 2.38. The SMILES string of the molecule is C/C=C/C(=O)CCNc1ccccc1C. The van der Waals surface area contributed by atoms with Gasteiger partial charge < -0.3 is 5.32 Å². The standard InChI is InChI=1S/C13H17NO/c1-3-6-12(15)9-10-14-13-8-5-4-7-11(13)2/h3-8,14H,9-10H2,1-2H3/b6-3+. The van der Waals surface area contributed by atoms with Crippen molar-refractivity contribution >= 4 is 11.5 Å². The number of anilines is 1. The molecule has 0 spiro atoms. The number of hydrogen-bond donors (Lipinski definition) is 1. The second kappa shape index (κ2) is 6.02. The molecule has 0 aliphatic rings. The van der Waals surface area contributed by atoms with E-state index in [1.54, 1.807) is 12.2 Å². The highest BCUT2D eigenvalue weighted by Crippen LogP contribution is 2.12. The fourth-order valence-electron chi connectivity index (χ4n) is 1.36. The summed E-state index contributed by atoms with van der Waals surface area (Å²) in [6.45, 7) is 4.59. The highest BCUT2D eigenvalue weighted by molar-refractivity contribution is 5.89. The van der Waals surface area contributed by atoms with Gasteiger partial charge in [-0.15, -0.1) is 0 Å². The van der Waals surface area contributed by atoms with E-state index in [9.17, 15) is 4.79 Å². The number of ketones is 1. The molecule has 0 unspecified atom stereocenters. The number of para-hydroxylation sites is 1. The van der Waals surface area contributed by atoms with Gasteiger partial charge in [-0.05, 0) is 31.6 Å². The van der Waals surface area contributed by atoms with Crippen LogP contribution in [0.15, 0.2) is 36.4 Å². The van der Waals surface area contributed by atoms with Gasteiger partial charge in [-0.3, -0.25) is 4.79 Å². The van der Waals surface area contributed by atoms with Crippen molar-refractivity contribution in [3.8, 4) is 0 Å². The van der Waals surface area contributed by atoms with Crippen LogP contribution in [-0.4, -0.2) is 12.3 Å². The summed E-state index contributed by atoms with van der Waals surface area (Å²) < 4.78 is 0. The van der Waals surface area contributed by atoms with Crippen molar-refractivity contribution in [2.45, 2.75) is 20.3 Å². The minimum atomic E-state index is 0.165. The summed E-state index contributed by atoms with van der Waals surface area (Å²) in [5.41, 5.74) is 2.31. The third kappa shape index (κ3) is 3.98. The maximum atomic E-state index is 11.2. The van der Waals surface area contributed by atoms with Crippen molar-refractivity contribution < 1.29 is 4.79 Å². The maximum Gasteiger partial charge on any atom is 0.157 e. The van der Waals surface area contributed by atoms with Crippen LogP contribution in [0.3, 0.4) is 0 Å². The van der Waals surface area contributed by atoms with E-state index < -0.39 is 0 Å². The molecule has 0 amide bonds. The number of allylic oxidation sites excluding steroid dienone is 2. The molecule has 0 aliphatic heterocycles. The fourth-order valence-corrected chi connectivity index (χ4v) is 1.36. The molecule has 1 aromatic carbocycles. The van der Waals surface area contributed by atoms with E-state index >= 15 is 0 Å². The average molecular weight is 203 g/mol. The van der Waals surface area contributed by atoms with Crippen LogP contribution in [0.25, 0.3) is 0 Å². The largest absolute Gasteiger partial charge is 0.384 e. The molecular weight excluding hydrogens is 186 g/mol. The van der Waals surface area contributed by atoms with Crippen molar-refractivity contribution in [1.82, 2.24) is 0 Å². The van der Waals surface area contributed by atoms with E-state index in [1.807, 2.05) is 25.1 Å². The minimum Gasteiger partial charge on any atom is -0.384 e. The van der Waals surface area contributed by atoms with Crippen LogP contribution < -0.4 is 5.32 Å². The van der Waals surface area contributed by atoms with E-state index in [2.05, 4.69) is 18.3 Å². The van der Waals surface area contributed by atoms with E-state index in [1.165, 1.54) is 5.56 Å². The molecule has 0 bridgehead atoms. The van der Waals surface area contributed by atoms with Crippen LogP contribution in [-0.2, 0) is 4.79 Å². The van der Waals surface area contributed by atoms with Gasteiger partial charge in [0.2, 0.25) is 0 Å². The van der Waals surface area contributed by atoms with Gasteiger partial charge >= 0.3 is 0 Å². The van der Waals surface area contributed by atoms with E-state index in [0.29, 0.717) is 13.0 Å². The van der Waals surface area contributed by atoms with Crippen molar-refractivity contribution in [2.24, 2.45) is 0 Å². The smallest absolute Gasteiger partial charge is 0.157 e. The van der Waals surface area contributed by atoms with Crippen LogP contribution in [0.4, 0.5) is 5.69 Å². The molecule has 0 aliphatic carbocycles. The van der Waals surface area contributed by atoms with E-state index in [4.69, 9.17) is 0 Å². The summed E-state index contributed by atoms with van der Waals surface area (Å²) in [4.78, 5) is 11.2. The van der Waals surface area contributed by atoms with Crippen molar-refractivity contribution in [1.29, 1.82) is 0 Å². The molecule has 1 aromatic rings. The van der Waals surface area contributed by atoms with E-state index in [-0.39, 0.29) is 5.78 Å². The minimum absolute atomic E-state index is 0.165. The van der Waals surface area contributed by atoms with Crippen LogP contribution >= 0.6 is 0 Å². The summed E-state index contributed by atoms with van der Waals surface area (Å²) in [5.74, 6) is 0.165. The summed E-state index contributed by atoms with van der Waals surface area (Å²) in [6.07, 6.45) is 3.92. The molecule has 0 fully saturated rings. The summed E-state index contributed by atoms with van der Waals surface area (Å²) >= 11 is 0. The first-order valence-electron chi connectivity index (χ1n) is 5.19. The van der Waals surface area contributed by atoms with Gasteiger partial charge in [0.1, 0.15) is 0 Å². The molecule has 2 heteroatoms. The normalized spacial score (nSPS) is 10.5. The summed E-state index contributed by atoms with van der Waals surface area (Å²) in [6, 6.07) is 8.07. The van der Waals surface area contributed by atoms with Crippen LogP contribution in [0.5, 0.6) is 0 Å². The van der Waals surface area contributed by atoms with E-state index in [0.717, 1.165) is 5.69 Å². The fraction of sp³-hybridized carbons (Fsp3) is 0.308. The summed E-state index contributed by atoms with van der Waals surface area (Å²) in [7, 11) is 0. The number of aryl methyl sites for hydroxylation is 1. The Bertz CT molecular complexity index is 355. The molecule has 80 valence electrons. The van der Waals surface area contributed by atoms with Gasteiger partial charge in [0.05, 0.1) is 0 Å². The zero-order valence-electron chi connectivity index (χ0n) is 9.29. The Morgan fingerprint density at radius 3 is 2.80 bits per heavy atom. The Morgan fingerprint density at radius 2 is 2.13 bits per heavy atom. The number of nitrogens with one attached hydrogen (secondary N) is 1. The Kier molecular flexibility index (Phi) is 4.61. The monoisotopic (exact) mass is 203 g/mol. The lowest BCUT2D eigenvalue weighted by atomic mass is 10.2. The molecule has 0 atom stereocenters. The second-order valence-electron chi connectivity index (χ2n) is 3.46. The predicted octanol–water partition coefficient (Wildman–Crippen LogP) is 2.94. The average Bonchev–Trinajstić information content (AvgIpc) is 2.21. The van der Waals surface area contributed by atoms with Gasteiger partial charge in [-0.25, -0.2) is 0 Å².